The van der Waals surface area contributed by atoms with Crippen LogP contribution in [0.2, 0.25) is 0 Å². The Labute approximate surface area is 136 Å². The lowest BCUT2D eigenvalue weighted by Crippen LogP contribution is -2.26. The third kappa shape index (κ3) is 4.92. The SMILES string of the molecule is C=CCCC[C@H]1CC[C@H](C(=O)Oc2ccc(C#N)cc2F)CC1. The predicted octanol–water partition coefficient (Wildman–Crippen LogP) is 4.77. The first-order chi connectivity index (χ1) is 11.1. The molecule has 1 aliphatic carbocycles. The van der Waals surface area contributed by atoms with Crippen molar-refractivity contribution in [2.75, 3.05) is 0 Å². The first kappa shape index (κ1) is 17.2. The molecular formula is C19H22FNO2. The molecule has 1 fully saturated rings. The highest BCUT2D eigenvalue weighted by Crippen LogP contribution is 2.33. The molecule has 0 spiro atoms. The van der Waals surface area contributed by atoms with Gasteiger partial charge >= 0.3 is 5.97 Å². The molecular weight excluding hydrogens is 293 g/mol. The van der Waals surface area contributed by atoms with Crippen molar-refractivity contribution in [1.29, 1.82) is 5.26 Å². The number of hydrogen-bond acceptors (Lipinski definition) is 3. The molecule has 0 bridgehead atoms. The first-order valence-electron chi connectivity index (χ1n) is 8.16. The normalized spacial score (nSPS) is 20.5. The van der Waals surface area contributed by atoms with Gasteiger partial charge in [0.25, 0.3) is 0 Å². The van der Waals surface area contributed by atoms with Crippen molar-refractivity contribution in [3.8, 4) is 11.8 Å². The van der Waals surface area contributed by atoms with Gasteiger partial charge in [-0.1, -0.05) is 12.5 Å². The van der Waals surface area contributed by atoms with E-state index < -0.39 is 5.82 Å². The first-order valence-corrected chi connectivity index (χ1v) is 8.16. The minimum atomic E-state index is -0.671. The highest BCUT2D eigenvalue weighted by molar-refractivity contribution is 5.75. The second-order valence-corrected chi connectivity index (χ2v) is 6.12. The van der Waals surface area contributed by atoms with Gasteiger partial charge in [0.2, 0.25) is 0 Å². The predicted molar refractivity (Wildman–Crippen MR) is 86.2 cm³/mol. The van der Waals surface area contributed by atoms with E-state index in [0.717, 1.165) is 44.6 Å². The van der Waals surface area contributed by atoms with Crippen molar-refractivity contribution >= 4 is 5.97 Å². The number of hydrogen-bond donors (Lipinski definition) is 0. The van der Waals surface area contributed by atoms with Crippen LogP contribution < -0.4 is 4.74 Å². The number of rotatable bonds is 6. The van der Waals surface area contributed by atoms with Crippen LogP contribution in [0.5, 0.6) is 5.75 Å². The molecule has 0 aliphatic heterocycles. The smallest absolute Gasteiger partial charge is 0.314 e. The summed E-state index contributed by atoms with van der Waals surface area (Å²) in [5.41, 5.74) is 0.210. The summed E-state index contributed by atoms with van der Waals surface area (Å²) in [7, 11) is 0. The number of esters is 1. The minimum absolute atomic E-state index is 0.0953. The number of benzene rings is 1. The standard InChI is InChI=1S/C19H22FNO2/c1-2-3-4-5-14-6-9-16(10-7-14)19(22)23-18-11-8-15(13-21)12-17(18)20/h2,8,11-12,14,16H,1,3-7,9-10H2/t14-,16-. The number of nitrogens with zero attached hydrogens (tertiary/aromatic N) is 1. The van der Waals surface area contributed by atoms with Gasteiger partial charge < -0.3 is 4.74 Å². The molecule has 1 aromatic carbocycles. The quantitative estimate of drug-likeness (QED) is 0.329. The Morgan fingerprint density at radius 3 is 2.74 bits per heavy atom. The van der Waals surface area contributed by atoms with Crippen LogP contribution >= 0.6 is 0 Å². The third-order valence-corrected chi connectivity index (χ3v) is 4.47. The highest BCUT2D eigenvalue weighted by atomic mass is 19.1. The number of ether oxygens (including phenoxy) is 1. The fraction of sp³-hybridized carbons (Fsp3) is 0.474. The number of allylic oxidation sites excluding steroid dienone is 1. The fourth-order valence-electron chi connectivity index (χ4n) is 3.08. The maximum absolute atomic E-state index is 13.8. The van der Waals surface area contributed by atoms with Gasteiger partial charge in [-0.15, -0.1) is 6.58 Å². The van der Waals surface area contributed by atoms with Crippen molar-refractivity contribution < 1.29 is 13.9 Å². The van der Waals surface area contributed by atoms with Crippen molar-refractivity contribution in [2.24, 2.45) is 11.8 Å². The van der Waals surface area contributed by atoms with E-state index in [-0.39, 0.29) is 23.2 Å². The van der Waals surface area contributed by atoms with Gasteiger partial charge in [-0.25, -0.2) is 4.39 Å². The lowest BCUT2D eigenvalue weighted by molar-refractivity contribution is -0.140. The average molecular weight is 315 g/mol. The number of unbranched alkanes of at least 4 members (excludes halogenated alkanes) is 1. The van der Waals surface area contributed by atoms with E-state index in [4.69, 9.17) is 10.00 Å². The molecule has 23 heavy (non-hydrogen) atoms. The molecule has 0 amide bonds. The molecule has 122 valence electrons. The second kappa shape index (κ2) is 8.47. The van der Waals surface area contributed by atoms with E-state index in [0.29, 0.717) is 5.92 Å². The van der Waals surface area contributed by atoms with Gasteiger partial charge in [-0.05, 0) is 62.6 Å². The van der Waals surface area contributed by atoms with E-state index in [2.05, 4.69) is 6.58 Å². The van der Waals surface area contributed by atoms with Gasteiger partial charge in [-0.3, -0.25) is 4.79 Å². The summed E-state index contributed by atoms with van der Waals surface area (Å²) in [4.78, 5) is 12.2. The summed E-state index contributed by atoms with van der Waals surface area (Å²) in [6.45, 7) is 3.73. The molecule has 4 heteroatoms. The van der Waals surface area contributed by atoms with Crippen LogP contribution in [0.4, 0.5) is 4.39 Å². The Morgan fingerprint density at radius 1 is 1.39 bits per heavy atom. The van der Waals surface area contributed by atoms with Crippen LogP contribution in [-0.4, -0.2) is 5.97 Å². The summed E-state index contributed by atoms with van der Waals surface area (Å²) < 4.78 is 18.9. The molecule has 0 radical (unpaired) electrons. The van der Waals surface area contributed by atoms with Crippen LogP contribution in [0.1, 0.15) is 50.5 Å². The summed E-state index contributed by atoms with van der Waals surface area (Å²) in [6, 6.07) is 5.72. The molecule has 3 nitrogen and oxygen atoms in total. The van der Waals surface area contributed by atoms with Crippen LogP contribution in [0.3, 0.4) is 0 Å². The van der Waals surface area contributed by atoms with Gasteiger partial charge in [0.05, 0.1) is 17.6 Å². The Hall–Kier alpha value is -2.15. The molecule has 0 unspecified atom stereocenters. The van der Waals surface area contributed by atoms with Gasteiger partial charge in [0.15, 0.2) is 11.6 Å². The lowest BCUT2D eigenvalue weighted by atomic mass is 9.80. The summed E-state index contributed by atoms with van der Waals surface area (Å²) >= 11 is 0. The molecule has 1 aromatic rings. The number of carbonyl (C=O) groups is 1. The number of halogens is 1. The topological polar surface area (TPSA) is 50.1 Å². The monoisotopic (exact) mass is 315 g/mol. The van der Waals surface area contributed by atoms with Crippen molar-refractivity contribution in [3.05, 3.63) is 42.2 Å². The molecule has 0 heterocycles. The Morgan fingerprint density at radius 2 is 2.13 bits per heavy atom. The number of carbonyl (C=O) groups excluding carboxylic acids is 1. The molecule has 0 saturated heterocycles. The maximum Gasteiger partial charge on any atom is 0.314 e. The van der Waals surface area contributed by atoms with Crippen LogP contribution in [0.15, 0.2) is 30.9 Å². The maximum atomic E-state index is 13.8. The third-order valence-electron chi connectivity index (χ3n) is 4.47. The molecule has 2 rings (SSSR count). The van der Waals surface area contributed by atoms with Crippen molar-refractivity contribution in [2.45, 2.75) is 44.9 Å². The average Bonchev–Trinajstić information content (AvgIpc) is 2.57. The molecule has 1 saturated carbocycles. The van der Waals surface area contributed by atoms with Gasteiger partial charge in [0.1, 0.15) is 0 Å². The number of nitriles is 1. The summed E-state index contributed by atoms with van der Waals surface area (Å²) in [5, 5.41) is 8.71. The van der Waals surface area contributed by atoms with Gasteiger partial charge in [0, 0.05) is 0 Å². The Bertz CT molecular complexity index is 598. The zero-order valence-electron chi connectivity index (χ0n) is 13.3. The van der Waals surface area contributed by atoms with E-state index in [1.807, 2.05) is 12.1 Å². The second-order valence-electron chi connectivity index (χ2n) is 6.12. The van der Waals surface area contributed by atoms with E-state index >= 15 is 0 Å². The summed E-state index contributed by atoms with van der Waals surface area (Å²) in [5.74, 6) is -0.609. The highest BCUT2D eigenvalue weighted by Gasteiger charge is 2.28. The van der Waals surface area contributed by atoms with Crippen LogP contribution in [-0.2, 0) is 4.79 Å². The van der Waals surface area contributed by atoms with E-state index in [1.165, 1.54) is 18.6 Å². The molecule has 0 atom stereocenters. The van der Waals surface area contributed by atoms with E-state index in [9.17, 15) is 9.18 Å². The van der Waals surface area contributed by atoms with E-state index in [1.54, 1.807) is 0 Å². The largest absolute Gasteiger partial charge is 0.423 e. The van der Waals surface area contributed by atoms with Crippen LogP contribution in [0.25, 0.3) is 0 Å². The molecule has 0 N–H and O–H groups in total. The minimum Gasteiger partial charge on any atom is -0.423 e. The lowest BCUT2D eigenvalue weighted by Gasteiger charge is -2.27. The zero-order valence-corrected chi connectivity index (χ0v) is 13.3. The van der Waals surface area contributed by atoms with Crippen molar-refractivity contribution in [3.63, 3.8) is 0 Å². The Kier molecular flexibility index (Phi) is 6.34. The summed E-state index contributed by atoms with van der Waals surface area (Å²) in [6.07, 6.45) is 8.96. The Balaban J connectivity index is 1.83. The molecule has 1 aliphatic rings. The zero-order chi connectivity index (χ0) is 16.7. The van der Waals surface area contributed by atoms with Gasteiger partial charge in [-0.2, -0.15) is 5.26 Å². The molecule has 0 aromatic heterocycles. The van der Waals surface area contributed by atoms with Crippen LogP contribution in [0, 0.1) is 29.0 Å². The van der Waals surface area contributed by atoms with Crippen molar-refractivity contribution in [1.82, 2.24) is 0 Å². The fourth-order valence-corrected chi connectivity index (χ4v) is 3.08.